The summed E-state index contributed by atoms with van der Waals surface area (Å²) >= 11 is 1.73. The van der Waals surface area contributed by atoms with E-state index < -0.39 is 5.41 Å². The molecule has 1 aliphatic rings. The Morgan fingerprint density at radius 1 is 1.67 bits per heavy atom. The van der Waals surface area contributed by atoms with Gasteiger partial charge in [-0.2, -0.15) is 5.26 Å². The van der Waals surface area contributed by atoms with Crippen LogP contribution in [0.25, 0.3) is 0 Å². The fourth-order valence-corrected chi connectivity index (χ4v) is 1.96. The van der Waals surface area contributed by atoms with Crippen LogP contribution in [-0.4, -0.2) is 29.0 Å². The minimum atomic E-state index is -0.856. The van der Waals surface area contributed by atoms with Crippen LogP contribution in [0.5, 0.6) is 0 Å². The monoisotopic (exact) mass is 184 g/mol. The molecule has 0 aromatic heterocycles. The molecule has 1 heterocycles. The van der Waals surface area contributed by atoms with Crippen molar-refractivity contribution in [2.45, 2.75) is 13.8 Å². The van der Waals surface area contributed by atoms with Crippen LogP contribution in [0.3, 0.4) is 0 Å². The molecule has 12 heavy (non-hydrogen) atoms. The number of thioether (sulfide) groups is 1. The van der Waals surface area contributed by atoms with Gasteiger partial charge in [0, 0.05) is 12.3 Å². The number of hydrogen-bond donors (Lipinski definition) is 0. The maximum absolute atomic E-state index is 11.6. The molecular formula is C8H12N2OS. The lowest BCUT2D eigenvalue weighted by Gasteiger charge is -2.22. The standard InChI is InChI=1S/C8H12N2OS/c1-8(2,5-9)7(11)10-3-4-12-6-10/h3-4,6H2,1-2H3. The number of rotatable bonds is 1. The van der Waals surface area contributed by atoms with Crippen molar-refractivity contribution in [3.8, 4) is 6.07 Å². The maximum Gasteiger partial charge on any atom is 0.243 e. The van der Waals surface area contributed by atoms with Crippen molar-refractivity contribution in [2.24, 2.45) is 5.41 Å². The fourth-order valence-electron chi connectivity index (χ4n) is 1.02. The van der Waals surface area contributed by atoms with Gasteiger partial charge in [-0.1, -0.05) is 0 Å². The second kappa shape index (κ2) is 3.36. The number of hydrogen-bond acceptors (Lipinski definition) is 3. The minimum absolute atomic E-state index is 0.0463. The quantitative estimate of drug-likeness (QED) is 0.612. The molecule has 1 fully saturated rings. The number of nitrogens with zero attached hydrogens (tertiary/aromatic N) is 2. The maximum atomic E-state index is 11.6. The normalized spacial score (nSPS) is 17.6. The van der Waals surface area contributed by atoms with E-state index in [4.69, 9.17) is 5.26 Å². The van der Waals surface area contributed by atoms with Crippen LogP contribution in [0.4, 0.5) is 0 Å². The van der Waals surface area contributed by atoms with Crippen LogP contribution in [0.2, 0.25) is 0 Å². The van der Waals surface area contributed by atoms with Crippen LogP contribution in [0.15, 0.2) is 0 Å². The Bertz CT molecular complexity index is 226. The van der Waals surface area contributed by atoms with Gasteiger partial charge in [0.1, 0.15) is 5.41 Å². The smallest absolute Gasteiger partial charge is 0.243 e. The fraction of sp³-hybridized carbons (Fsp3) is 0.750. The molecule has 0 bridgehead atoms. The topological polar surface area (TPSA) is 44.1 Å². The summed E-state index contributed by atoms with van der Waals surface area (Å²) in [6.07, 6.45) is 0. The molecule has 0 N–H and O–H groups in total. The lowest BCUT2D eigenvalue weighted by Crippen LogP contribution is -2.38. The van der Waals surface area contributed by atoms with Crippen molar-refractivity contribution < 1.29 is 4.79 Å². The van der Waals surface area contributed by atoms with Crippen molar-refractivity contribution in [1.29, 1.82) is 5.26 Å². The number of carbonyl (C=O) groups excluding carboxylic acids is 1. The molecule has 1 amide bonds. The molecule has 0 unspecified atom stereocenters. The molecule has 3 nitrogen and oxygen atoms in total. The highest BCUT2D eigenvalue weighted by molar-refractivity contribution is 7.99. The summed E-state index contributed by atoms with van der Waals surface area (Å²) in [5, 5.41) is 8.72. The molecule has 1 rings (SSSR count). The van der Waals surface area contributed by atoms with Crippen LogP contribution in [0.1, 0.15) is 13.8 Å². The van der Waals surface area contributed by atoms with Gasteiger partial charge in [0.2, 0.25) is 5.91 Å². The summed E-state index contributed by atoms with van der Waals surface area (Å²) in [5.74, 6) is 1.69. The third kappa shape index (κ3) is 1.72. The first-order valence-corrected chi connectivity index (χ1v) is 5.02. The van der Waals surface area contributed by atoms with Crippen molar-refractivity contribution in [2.75, 3.05) is 18.2 Å². The van der Waals surface area contributed by atoms with Gasteiger partial charge >= 0.3 is 0 Å². The summed E-state index contributed by atoms with van der Waals surface area (Å²) in [4.78, 5) is 13.3. The molecule has 0 aromatic rings. The van der Waals surface area contributed by atoms with Gasteiger partial charge in [-0.15, -0.1) is 11.8 Å². The zero-order valence-electron chi connectivity index (χ0n) is 7.33. The van der Waals surface area contributed by atoms with E-state index in [0.717, 1.165) is 18.2 Å². The SMILES string of the molecule is CC(C)(C#N)C(=O)N1CCSC1. The Hall–Kier alpha value is -0.690. The molecule has 4 heteroatoms. The van der Waals surface area contributed by atoms with E-state index >= 15 is 0 Å². The third-order valence-electron chi connectivity index (χ3n) is 1.85. The second-order valence-corrected chi connectivity index (χ2v) is 4.42. The van der Waals surface area contributed by atoms with Gasteiger partial charge in [-0.3, -0.25) is 4.79 Å². The lowest BCUT2D eigenvalue weighted by molar-refractivity contribution is -0.135. The highest BCUT2D eigenvalue weighted by Gasteiger charge is 2.33. The van der Waals surface area contributed by atoms with E-state index in [1.54, 1.807) is 30.5 Å². The van der Waals surface area contributed by atoms with E-state index in [9.17, 15) is 4.79 Å². The lowest BCUT2D eigenvalue weighted by atomic mass is 9.94. The Kier molecular flexibility index (Phi) is 2.63. The van der Waals surface area contributed by atoms with Crippen molar-refractivity contribution >= 4 is 17.7 Å². The molecule has 1 aliphatic heterocycles. The molecule has 0 aliphatic carbocycles. The summed E-state index contributed by atoms with van der Waals surface area (Å²) in [5.41, 5.74) is -0.856. The van der Waals surface area contributed by atoms with Crippen LogP contribution >= 0.6 is 11.8 Å². The Morgan fingerprint density at radius 2 is 2.33 bits per heavy atom. The molecule has 0 spiro atoms. The molecule has 1 saturated heterocycles. The van der Waals surface area contributed by atoms with E-state index in [-0.39, 0.29) is 5.91 Å². The number of nitriles is 1. The molecule has 0 saturated carbocycles. The Balaban J connectivity index is 2.64. The highest BCUT2D eigenvalue weighted by Crippen LogP contribution is 2.22. The molecule has 66 valence electrons. The van der Waals surface area contributed by atoms with Gasteiger partial charge in [0.05, 0.1) is 11.9 Å². The van der Waals surface area contributed by atoms with Crippen molar-refractivity contribution in [1.82, 2.24) is 4.90 Å². The van der Waals surface area contributed by atoms with Gasteiger partial charge in [0.15, 0.2) is 0 Å². The van der Waals surface area contributed by atoms with Crippen molar-refractivity contribution in [3.63, 3.8) is 0 Å². The van der Waals surface area contributed by atoms with E-state index in [1.807, 2.05) is 6.07 Å². The zero-order valence-corrected chi connectivity index (χ0v) is 8.15. The minimum Gasteiger partial charge on any atom is -0.331 e. The molecular weight excluding hydrogens is 172 g/mol. The van der Waals surface area contributed by atoms with E-state index in [0.29, 0.717) is 0 Å². The average molecular weight is 184 g/mol. The first kappa shape index (κ1) is 9.40. The summed E-state index contributed by atoms with van der Waals surface area (Å²) in [6.45, 7) is 4.12. The number of amides is 1. The van der Waals surface area contributed by atoms with Gasteiger partial charge in [0.25, 0.3) is 0 Å². The average Bonchev–Trinajstić information content (AvgIpc) is 2.55. The van der Waals surface area contributed by atoms with Crippen LogP contribution in [-0.2, 0) is 4.79 Å². The largest absolute Gasteiger partial charge is 0.331 e. The van der Waals surface area contributed by atoms with Gasteiger partial charge in [-0.05, 0) is 13.8 Å². The van der Waals surface area contributed by atoms with Crippen LogP contribution < -0.4 is 0 Å². The predicted molar refractivity (Wildman–Crippen MR) is 48.4 cm³/mol. The second-order valence-electron chi connectivity index (χ2n) is 3.34. The summed E-state index contributed by atoms with van der Waals surface area (Å²) < 4.78 is 0. The van der Waals surface area contributed by atoms with Crippen LogP contribution in [0, 0.1) is 16.7 Å². The molecule has 0 radical (unpaired) electrons. The molecule has 0 atom stereocenters. The van der Waals surface area contributed by atoms with Gasteiger partial charge in [-0.25, -0.2) is 0 Å². The Morgan fingerprint density at radius 3 is 2.75 bits per heavy atom. The van der Waals surface area contributed by atoms with E-state index in [1.165, 1.54) is 0 Å². The summed E-state index contributed by atoms with van der Waals surface area (Å²) in [7, 11) is 0. The number of carbonyl (C=O) groups is 1. The zero-order chi connectivity index (χ0) is 9.19. The molecule has 0 aromatic carbocycles. The first-order valence-electron chi connectivity index (χ1n) is 3.86. The summed E-state index contributed by atoms with van der Waals surface area (Å²) in [6, 6.07) is 2.02. The first-order chi connectivity index (χ1) is 5.58. The Labute approximate surface area is 76.7 Å². The third-order valence-corrected chi connectivity index (χ3v) is 2.82. The highest BCUT2D eigenvalue weighted by atomic mass is 32.2. The van der Waals surface area contributed by atoms with Crippen molar-refractivity contribution in [3.05, 3.63) is 0 Å². The van der Waals surface area contributed by atoms with E-state index in [2.05, 4.69) is 0 Å². The van der Waals surface area contributed by atoms with Gasteiger partial charge < -0.3 is 4.90 Å². The predicted octanol–water partition coefficient (Wildman–Crippen LogP) is 1.07.